The number of methoxy groups -OCH3 is 3. The summed E-state index contributed by atoms with van der Waals surface area (Å²) in [5, 5.41) is 0. The number of halogens is 1. The van der Waals surface area contributed by atoms with Crippen molar-refractivity contribution in [2.45, 2.75) is 11.7 Å². The van der Waals surface area contributed by atoms with Crippen LogP contribution in [-0.4, -0.2) is 33.8 Å². The van der Waals surface area contributed by atoms with Gasteiger partial charge in [-0.3, -0.25) is 4.79 Å². The zero-order valence-electron chi connectivity index (χ0n) is 17.2. The molecule has 1 atom stereocenters. The number of benzene rings is 2. The third-order valence-electron chi connectivity index (χ3n) is 5.29. The van der Waals surface area contributed by atoms with Crippen molar-refractivity contribution < 1.29 is 23.4 Å². The second kappa shape index (κ2) is 7.72. The van der Waals surface area contributed by atoms with Gasteiger partial charge in [-0.15, -0.1) is 0 Å². The van der Waals surface area contributed by atoms with Crippen molar-refractivity contribution in [1.82, 2.24) is 0 Å². The van der Waals surface area contributed by atoms with Crippen molar-refractivity contribution in [1.29, 1.82) is 0 Å². The lowest BCUT2D eigenvalue weighted by Crippen LogP contribution is -2.35. The summed E-state index contributed by atoms with van der Waals surface area (Å²) < 4.78 is 29.0. The highest BCUT2D eigenvalue weighted by molar-refractivity contribution is 8.05. The minimum absolute atomic E-state index is 0.0441. The number of likely N-dealkylation sites (N-methyl/N-ethyl adjacent to an activating group) is 1. The molecule has 2 heterocycles. The Bertz CT molecular complexity index is 1060. The number of hydrogen-bond donors (Lipinski definition) is 0. The van der Waals surface area contributed by atoms with Gasteiger partial charge in [0.15, 0.2) is 11.5 Å². The highest BCUT2D eigenvalue weighted by Gasteiger charge is 2.55. The van der Waals surface area contributed by atoms with Gasteiger partial charge >= 0.3 is 0 Å². The molecule has 0 saturated carbocycles. The van der Waals surface area contributed by atoms with E-state index in [9.17, 15) is 9.18 Å². The molecule has 5 nitrogen and oxygen atoms in total. The molecular weight excluding hydrogens is 405 g/mol. The molecule has 0 fully saturated rings. The number of anilines is 1. The lowest BCUT2D eigenvalue weighted by molar-refractivity contribution is -0.119. The maximum absolute atomic E-state index is 13.6. The minimum Gasteiger partial charge on any atom is -0.493 e. The normalized spacial score (nSPS) is 20.9. The molecule has 2 aliphatic rings. The molecule has 0 aromatic heterocycles. The second-order valence-electron chi connectivity index (χ2n) is 6.86. The Morgan fingerprint density at radius 3 is 2.40 bits per heavy atom. The van der Waals surface area contributed by atoms with Gasteiger partial charge in [-0.05, 0) is 30.7 Å². The van der Waals surface area contributed by atoms with Crippen LogP contribution >= 0.6 is 11.8 Å². The fraction of sp³-hybridized carbons (Fsp3) is 0.261. The largest absolute Gasteiger partial charge is 0.493 e. The Balaban J connectivity index is 1.86. The first kappa shape index (κ1) is 20.3. The van der Waals surface area contributed by atoms with Crippen molar-refractivity contribution in [3.8, 4) is 17.2 Å². The number of carbonyl (C=O) groups is 1. The van der Waals surface area contributed by atoms with Crippen molar-refractivity contribution in [3.05, 3.63) is 64.3 Å². The summed E-state index contributed by atoms with van der Waals surface area (Å²) in [5.41, 5.74) is 2.35. The van der Waals surface area contributed by atoms with E-state index in [1.807, 2.05) is 31.2 Å². The molecule has 0 N–H and O–H groups in total. The molecule has 4 rings (SSSR count). The molecular formula is C23H22FNO4S. The van der Waals surface area contributed by atoms with Crippen LogP contribution in [0.15, 0.2) is 47.4 Å². The van der Waals surface area contributed by atoms with Crippen LogP contribution in [0.2, 0.25) is 0 Å². The summed E-state index contributed by atoms with van der Waals surface area (Å²) in [6.45, 7) is 2.44. The van der Waals surface area contributed by atoms with Gasteiger partial charge in [0.05, 0.1) is 32.6 Å². The van der Waals surface area contributed by atoms with Crippen LogP contribution in [0.25, 0.3) is 6.08 Å². The standard InChI is InChI=1S/C23H22FNO4S/c1-5-25-17-13-18(27-2)20(28-3)21(29-4)19(17)23(22(25)26)11-10-16(30-23)12-14-6-8-15(24)9-7-14/h6-13H,5H2,1-4H3/b16-12-. The summed E-state index contributed by atoms with van der Waals surface area (Å²) in [6, 6.07) is 8.07. The van der Waals surface area contributed by atoms with Gasteiger partial charge in [-0.2, -0.15) is 0 Å². The minimum atomic E-state index is -0.956. The molecule has 0 aliphatic carbocycles. The predicted molar refractivity (Wildman–Crippen MR) is 117 cm³/mol. The molecule has 0 saturated heterocycles. The van der Waals surface area contributed by atoms with Crippen molar-refractivity contribution >= 4 is 29.4 Å². The number of nitrogens with zero attached hydrogens (tertiary/aromatic N) is 1. The molecule has 1 amide bonds. The number of amides is 1. The molecule has 2 aromatic carbocycles. The van der Waals surface area contributed by atoms with Gasteiger partial charge in [0.25, 0.3) is 5.91 Å². The average Bonchev–Trinajstić information content (AvgIpc) is 3.28. The molecule has 2 aliphatic heterocycles. The van der Waals surface area contributed by atoms with E-state index < -0.39 is 4.75 Å². The van der Waals surface area contributed by atoms with Crippen molar-refractivity contribution in [2.24, 2.45) is 0 Å². The number of hydrogen-bond acceptors (Lipinski definition) is 5. The van der Waals surface area contributed by atoms with Crippen LogP contribution in [0.3, 0.4) is 0 Å². The lowest BCUT2D eigenvalue weighted by atomic mass is 9.97. The molecule has 0 radical (unpaired) electrons. The fourth-order valence-corrected chi connectivity index (χ4v) is 5.29. The Morgan fingerprint density at radius 2 is 1.80 bits per heavy atom. The van der Waals surface area contributed by atoms with E-state index in [0.29, 0.717) is 23.8 Å². The monoisotopic (exact) mass is 427 g/mol. The van der Waals surface area contributed by atoms with E-state index in [1.165, 1.54) is 23.9 Å². The third kappa shape index (κ3) is 2.96. The van der Waals surface area contributed by atoms with Gasteiger partial charge in [0, 0.05) is 17.5 Å². The highest BCUT2D eigenvalue weighted by atomic mass is 32.2. The Morgan fingerprint density at radius 1 is 1.10 bits per heavy atom. The maximum Gasteiger partial charge on any atom is 0.252 e. The van der Waals surface area contributed by atoms with Crippen molar-refractivity contribution in [2.75, 3.05) is 32.8 Å². The van der Waals surface area contributed by atoms with Crippen LogP contribution in [-0.2, 0) is 9.54 Å². The van der Waals surface area contributed by atoms with Crippen LogP contribution in [0.4, 0.5) is 10.1 Å². The van der Waals surface area contributed by atoms with E-state index in [0.717, 1.165) is 21.7 Å². The van der Waals surface area contributed by atoms with Gasteiger partial charge < -0.3 is 19.1 Å². The van der Waals surface area contributed by atoms with Crippen molar-refractivity contribution in [3.63, 3.8) is 0 Å². The zero-order chi connectivity index (χ0) is 21.5. The quantitative estimate of drug-likeness (QED) is 0.689. The molecule has 1 unspecified atom stereocenters. The summed E-state index contributed by atoms with van der Waals surface area (Å²) in [6.07, 6.45) is 5.76. The Labute approximate surface area is 179 Å². The average molecular weight is 427 g/mol. The summed E-state index contributed by atoms with van der Waals surface area (Å²) >= 11 is 1.44. The molecule has 1 spiro atoms. The molecule has 156 valence electrons. The van der Waals surface area contributed by atoms with Gasteiger partial charge in [0.1, 0.15) is 10.6 Å². The van der Waals surface area contributed by atoms with Crippen LogP contribution in [0.1, 0.15) is 18.1 Å². The van der Waals surface area contributed by atoms with Gasteiger partial charge in [-0.25, -0.2) is 4.39 Å². The van der Waals surface area contributed by atoms with Crippen LogP contribution in [0.5, 0.6) is 17.2 Å². The molecule has 0 bridgehead atoms. The van der Waals surface area contributed by atoms with Gasteiger partial charge in [0.2, 0.25) is 5.75 Å². The smallest absolute Gasteiger partial charge is 0.252 e. The van der Waals surface area contributed by atoms with E-state index in [4.69, 9.17) is 14.2 Å². The first-order valence-electron chi connectivity index (χ1n) is 9.50. The Hall–Kier alpha value is -2.93. The van der Waals surface area contributed by atoms with E-state index in [1.54, 1.807) is 38.4 Å². The number of allylic oxidation sites excluding steroid dienone is 1. The van der Waals surface area contributed by atoms with Crippen LogP contribution < -0.4 is 19.1 Å². The zero-order valence-corrected chi connectivity index (χ0v) is 18.0. The first-order valence-corrected chi connectivity index (χ1v) is 10.3. The highest BCUT2D eigenvalue weighted by Crippen LogP contribution is 2.62. The fourth-order valence-electron chi connectivity index (χ4n) is 3.95. The second-order valence-corrected chi connectivity index (χ2v) is 8.18. The Kier molecular flexibility index (Phi) is 5.24. The lowest BCUT2D eigenvalue weighted by Gasteiger charge is -2.23. The SMILES string of the molecule is CCN1C(=O)C2(C=C/C(=C/c3ccc(F)cc3)S2)c2c1cc(OC)c(OC)c2OC. The summed E-state index contributed by atoms with van der Waals surface area (Å²) in [7, 11) is 4.66. The molecule has 2 aromatic rings. The number of ether oxygens (including phenoxy) is 3. The number of rotatable bonds is 5. The van der Waals surface area contributed by atoms with E-state index in [-0.39, 0.29) is 11.7 Å². The van der Waals surface area contributed by atoms with Crippen LogP contribution in [0, 0.1) is 5.82 Å². The predicted octanol–water partition coefficient (Wildman–Crippen LogP) is 4.76. The van der Waals surface area contributed by atoms with Gasteiger partial charge in [-0.1, -0.05) is 36.0 Å². The summed E-state index contributed by atoms with van der Waals surface area (Å²) in [5.74, 6) is 1.11. The number of carbonyl (C=O) groups excluding carboxylic acids is 1. The molecule has 30 heavy (non-hydrogen) atoms. The number of fused-ring (bicyclic) bond motifs is 2. The number of thioether (sulfide) groups is 1. The third-order valence-corrected chi connectivity index (χ3v) is 6.62. The maximum atomic E-state index is 13.6. The van der Waals surface area contributed by atoms with E-state index >= 15 is 0 Å². The molecule has 7 heteroatoms. The van der Waals surface area contributed by atoms with E-state index in [2.05, 4.69) is 0 Å². The summed E-state index contributed by atoms with van der Waals surface area (Å²) in [4.78, 5) is 16.2. The topological polar surface area (TPSA) is 48.0 Å². The first-order chi connectivity index (χ1) is 14.5.